The van der Waals surface area contributed by atoms with Gasteiger partial charge in [0.1, 0.15) is 5.75 Å². The topological polar surface area (TPSA) is 38.5 Å². The van der Waals surface area contributed by atoms with Crippen LogP contribution in [0.3, 0.4) is 0 Å². The minimum atomic E-state index is 0.0485. The lowest BCUT2D eigenvalue weighted by Gasteiger charge is -2.48. The van der Waals surface area contributed by atoms with E-state index in [1.165, 1.54) is 0 Å². The van der Waals surface area contributed by atoms with Gasteiger partial charge in [-0.25, -0.2) is 0 Å². The Labute approximate surface area is 127 Å². The van der Waals surface area contributed by atoms with Crippen molar-refractivity contribution in [2.45, 2.75) is 51.2 Å². The number of methoxy groups -OCH3 is 1. The summed E-state index contributed by atoms with van der Waals surface area (Å²) in [5, 5.41) is 0.737. The number of rotatable bonds is 2. The van der Waals surface area contributed by atoms with E-state index in [9.17, 15) is 0 Å². The van der Waals surface area contributed by atoms with E-state index in [-0.39, 0.29) is 17.6 Å². The summed E-state index contributed by atoms with van der Waals surface area (Å²) >= 11 is 6.46. The summed E-state index contributed by atoms with van der Waals surface area (Å²) in [4.78, 5) is 2.45. The van der Waals surface area contributed by atoms with Crippen molar-refractivity contribution in [1.29, 1.82) is 0 Å². The molecular formula is C16H25ClN2O. The molecule has 2 unspecified atom stereocenters. The van der Waals surface area contributed by atoms with Crippen molar-refractivity contribution in [2.24, 2.45) is 5.73 Å². The summed E-state index contributed by atoms with van der Waals surface area (Å²) < 4.78 is 5.52. The number of halogens is 1. The van der Waals surface area contributed by atoms with Crippen molar-refractivity contribution < 1.29 is 4.74 Å². The second kappa shape index (κ2) is 5.92. The Morgan fingerprint density at radius 1 is 1.35 bits per heavy atom. The lowest BCUT2D eigenvalue weighted by atomic mass is 9.86. The second-order valence-corrected chi connectivity index (χ2v) is 6.88. The third-order valence-electron chi connectivity index (χ3n) is 4.07. The largest absolute Gasteiger partial charge is 0.496 e. The van der Waals surface area contributed by atoms with Crippen LogP contribution in [0.4, 0.5) is 0 Å². The van der Waals surface area contributed by atoms with Gasteiger partial charge >= 0.3 is 0 Å². The van der Waals surface area contributed by atoms with Crippen molar-refractivity contribution in [1.82, 2.24) is 4.90 Å². The predicted octanol–water partition coefficient (Wildman–Crippen LogP) is 3.61. The quantitative estimate of drug-likeness (QED) is 0.906. The van der Waals surface area contributed by atoms with Crippen LogP contribution in [-0.2, 0) is 0 Å². The molecule has 0 radical (unpaired) electrons. The van der Waals surface area contributed by atoms with Crippen molar-refractivity contribution in [2.75, 3.05) is 13.7 Å². The molecule has 1 aromatic carbocycles. The number of likely N-dealkylation sites (tertiary alicyclic amines) is 1. The normalized spacial score (nSPS) is 24.7. The van der Waals surface area contributed by atoms with Gasteiger partial charge in [-0.05, 0) is 52.3 Å². The van der Waals surface area contributed by atoms with Crippen LogP contribution in [0.2, 0.25) is 5.02 Å². The number of ether oxygens (including phenoxy) is 1. The van der Waals surface area contributed by atoms with Crippen molar-refractivity contribution in [3.8, 4) is 5.75 Å². The van der Waals surface area contributed by atoms with Crippen LogP contribution < -0.4 is 10.5 Å². The molecule has 0 aliphatic carbocycles. The number of benzene rings is 1. The highest BCUT2D eigenvalue weighted by Crippen LogP contribution is 2.42. The zero-order chi connectivity index (χ0) is 14.9. The van der Waals surface area contributed by atoms with Crippen LogP contribution in [0, 0.1) is 0 Å². The standard InChI is InChI=1S/C16H25ClN2O/c1-16(2,3)19-10-6-8-12(18)15(19)14-11(17)7-5-9-13(14)20-4/h5,7,9,12,15H,6,8,10,18H2,1-4H3. The van der Waals surface area contributed by atoms with Gasteiger partial charge in [-0.3, -0.25) is 4.90 Å². The van der Waals surface area contributed by atoms with Crippen molar-refractivity contribution in [3.05, 3.63) is 28.8 Å². The Bertz CT molecular complexity index is 470. The molecular weight excluding hydrogens is 272 g/mol. The second-order valence-electron chi connectivity index (χ2n) is 6.47. The molecule has 0 bridgehead atoms. The summed E-state index contributed by atoms with van der Waals surface area (Å²) in [7, 11) is 1.69. The maximum absolute atomic E-state index is 6.46. The molecule has 2 atom stereocenters. The highest BCUT2D eigenvalue weighted by molar-refractivity contribution is 6.31. The molecule has 4 heteroatoms. The molecule has 0 amide bonds. The third-order valence-corrected chi connectivity index (χ3v) is 4.40. The van der Waals surface area contributed by atoms with Crippen LogP contribution in [0.15, 0.2) is 18.2 Å². The zero-order valence-corrected chi connectivity index (χ0v) is 13.6. The fourth-order valence-corrected chi connectivity index (χ4v) is 3.41. The van der Waals surface area contributed by atoms with Crippen LogP contribution in [0.25, 0.3) is 0 Å². The van der Waals surface area contributed by atoms with Gasteiger partial charge in [0.15, 0.2) is 0 Å². The smallest absolute Gasteiger partial charge is 0.125 e. The van der Waals surface area contributed by atoms with Crippen LogP contribution in [-0.4, -0.2) is 30.1 Å². The van der Waals surface area contributed by atoms with Crippen molar-refractivity contribution >= 4 is 11.6 Å². The number of nitrogens with two attached hydrogens (primary N) is 1. The Balaban J connectivity index is 2.51. The molecule has 2 rings (SSSR count). The summed E-state index contributed by atoms with van der Waals surface area (Å²) in [6.07, 6.45) is 2.15. The number of piperidine rings is 1. The van der Waals surface area contributed by atoms with E-state index in [4.69, 9.17) is 22.1 Å². The van der Waals surface area contributed by atoms with E-state index in [1.807, 2.05) is 18.2 Å². The van der Waals surface area contributed by atoms with Gasteiger partial charge in [-0.15, -0.1) is 0 Å². The fraction of sp³-hybridized carbons (Fsp3) is 0.625. The molecule has 0 spiro atoms. The first-order valence-electron chi connectivity index (χ1n) is 7.21. The van der Waals surface area contributed by atoms with Gasteiger partial charge in [0.25, 0.3) is 0 Å². The van der Waals surface area contributed by atoms with Gasteiger partial charge in [0.05, 0.1) is 13.2 Å². The average Bonchev–Trinajstić information content (AvgIpc) is 2.37. The maximum atomic E-state index is 6.46. The van der Waals surface area contributed by atoms with E-state index in [0.717, 1.165) is 35.7 Å². The van der Waals surface area contributed by atoms with E-state index >= 15 is 0 Å². The number of hydrogen-bond donors (Lipinski definition) is 1. The Morgan fingerprint density at radius 3 is 2.65 bits per heavy atom. The Kier molecular flexibility index (Phi) is 4.62. The molecule has 1 aliphatic heterocycles. The Morgan fingerprint density at radius 2 is 2.05 bits per heavy atom. The minimum Gasteiger partial charge on any atom is -0.496 e. The van der Waals surface area contributed by atoms with Gasteiger partial charge in [0.2, 0.25) is 0 Å². The first-order chi connectivity index (χ1) is 9.36. The molecule has 2 N–H and O–H groups in total. The highest BCUT2D eigenvalue weighted by atomic mass is 35.5. The molecule has 1 saturated heterocycles. The van der Waals surface area contributed by atoms with Gasteiger partial charge in [-0.1, -0.05) is 17.7 Å². The molecule has 1 aliphatic rings. The minimum absolute atomic E-state index is 0.0485. The van der Waals surface area contributed by atoms with E-state index < -0.39 is 0 Å². The first kappa shape index (κ1) is 15.6. The molecule has 1 aromatic rings. The summed E-state index contributed by atoms with van der Waals surface area (Å²) in [5.74, 6) is 0.828. The van der Waals surface area contributed by atoms with Crippen LogP contribution in [0.1, 0.15) is 45.2 Å². The lowest BCUT2D eigenvalue weighted by Crippen LogP contribution is -2.53. The Hall–Kier alpha value is -0.770. The molecule has 3 nitrogen and oxygen atoms in total. The SMILES string of the molecule is COc1cccc(Cl)c1C1C(N)CCCN1C(C)(C)C. The molecule has 1 fully saturated rings. The maximum Gasteiger partial charge on any atom is 0.125 e. The predicted molar refractivity (Wildman–Crippen MR) is 84.4 cm³/mol. The van der Waals surface area contributed by atoms with Crippen molar-refractivity contribution in [3.63, 3.8) is 0 Å². The molecule has 0 saturated carbocycles. The summed E-state index contributed by atoms with van der Waals surface area (Å²) in [6, 6.07) is 5.98. The number of hydrogen-bond acceptors (Lipinski definition) is 3. The summed E-state index contributed by atoms with van der Waals surface area (Å²) in [5.41, 5.74) is 7.51. The average molecular weight is 297 g/mol. The first-order valence-corrected chi connectivity index (χ1v) is 7.58. The fourth-order valence-electron chi connectivity index (χ4n) is 3.13. The third kappa shape index (κ3) is 2.95. The van der Waals surface area contributed by atoms with Gasteiger partial charge in [0, 0.05) is 22.2 Å². The monoisotopic (exact) mass is 296 g/mol. The molecule has 1 heterocycles. The number of nitrogens with zero attached hydrogens (tertiary/aromatic N) is 1. The summed E-state index contributed by atoms with van der Waals surface area (Å²) in [6.45, 7) is 7.71. The molecule has 112 valence electrons. The lowest BCUT2D eigenvalue weighted by molar-refractivity contribution is 0.0373. The van der Waals surface area contributed by atoms with Crippen LogP contribution >= 0.6 is 11.6 Å². The van der Waals surface area contributed by atoms with Crippen LogP contribution in [0.5, 0.6) is 5.75 Å². The zero-order valence-electron chi connectivity index (χ0n) is 12.8. The van der Waals surface area contributed by atoms with Gasteiger partial charge < -0.3 is 10.5 Å². The van der Waals surface area contributed by atoms with E-state index in [1.54, 1.807) is 7.11 Å². The van der Waals surface area contributed by atoms with Gasteiger partial charge in [-0.2, -0.15) is 0 Å². The van der Waals surface area contributed by atoms with E-state index in [2.05, 4.69) is 25.7 Å². The molecule has 0 aromatic heterocycles. The van der Waals surface area contributed by atoms with E-state index in [0.29, 0.717) is 0 Å². The molecule has 20 heavy (non-hydrogen) atoms. The highest BCUT2D eigenvalue weighted by Gasteiger charge is 2.38.